The maximum atomic E-state index is 11.8. The SMILES string of the molecule is Cc1onc(-c2ccccc2)c1COc1ncc(C(=O)NCCO)s1. The fourth-order valence-electron chi connectivity index (χ4n) is 2.20. The minimum Gasteiger partial charge on any atom is -0.465 e. The lowest BCUT2D eigenvalue weighted by Gasteiger charge is -2.03. The summed E-state index contributed by atoms with van der Waals surface area (Å²) in [5.41, 5.74) is 2.52. The topological polar surface area (TPSA) is 97.5 Å². The normalized spacial score (nSPS) is 10.6. The molecule has 3 rings (SSSR count). The molecule has 25 heavy (non-hydrogen) atoms. The van der Waals surface area contributed by atoms with Crippen LogP contribution in [0.4, 0.5) is 0 Å². The van der Waals surface area contributed by atoms with Crippen LogP contribution >= 0.6 is 11.3 Å². The number of aromatic nitrogens is 2. The summed E-state index contributed by atoms with van der Waals surface area (Å²) in [4.78, 5) is 16.3. The number of carbonyl (C=O) groups is 1. The van der Waals surface area contributed by atoms with Gasteiger partial charge in [-0.3, -0.25) is 4.79 Å². The predicted molar refractivity (Wildman–Crippen MR) is 92.5 cm³/mol. The molecule has 0 radical (unpaired) electrons. The summed E-state index contributed by atoms with van der Waals surface area (Å²) in [7, 11) is 0. The number of rotatable bonds is 7. The van der Waals surface area contributed by atoms with Gasteiger partial charge in [0.1, 0.15) is 22.9 Å². The first-order valence-electron chi connectivity index (χ1n) is 7.67. The molecule has 1 amide bonds. The summed E-state index contributed by atoms with van der Waals surface area (Å²) in [6.45, 7) is 2.16. The largest absolute Gasteiger partial charge is 0.465 e. The quantitative estimate of drug-likeness (QED) is 0.672. The molecule has 2 aromatic heterocycles. The van der Waals surface area contributed by atoms with Crippen LogP contribution in [0.1, 0.15) is 21.0 Å². The molecule has 8 heteroatoms. The van der Waals surface area contributed by atoms with Crippen molar-refractivity contribution in [3.05, 3.63) is 52.7 Å². The van der Waals surface area contributed by atoms with Crippen molar-refractivity contribution in [2.45, 2.75) is 13.5 Å². The molecule has 0 bridgehead atoms. The van der Waals surface area contributed by atoms with Crippen molar-refractivity contribution in [2.75, 3.05) is 13.2 Å². The number of nitrogens with zero attached hydrogens (tertiary/aromatic N) is 2. The van der Waals surface area contributed by atoms with Crippen molar-refractivity contribution in [1.29, 1.82) is 0 Å². The molecule has 0 saturated carbocycles. The van der Waals surface area contributed by atoms with E-state index in [9.17, 15) is 4.79 Å². The fourth-order valence-corrected chi connectivity index (χ4v) is 2.89. The molecule has 0 unspecified atom stereocenters. The summed E-state index contributed by atoms with van der Waals surface area (Å²) in [5.74, 6) is 0.392. The van der Waals surface area contributed by atoms with Gasteiger partial charge in [0.2, 0.25) is 0 Å². The second-order valence-electron chi connectivity index (χ2n) is 5.19. The second kappa shape index (κ2) is 7.91. The summed E-state index contributed by atoms with van der Waals surface area (Å²) >= 11 is 1.14. The lowest BCUT2D eigenvalue weighted by molar-refractivity contribution is 0.0948. The monoisotopic (exact) mass is 359 g/mol. The van der Waals surface area contributed by atoms with Crippen LogP contribution in [-0.4, -0.2) is 34.3 Å². The number of aliphatic hydroxyl groups excluding tert-OH is 1. The molecule has 130 valence electrons. The number of amides is 1. The van der Waals surface area contributed by atoms with Gasteiger partial charge < -0.3 is 19.7 Å². The Balaban J connectivity index is 1.70. The molecule has 2 heterocycles. The fraction of sp³-hybridized carbons (Fsp3) is 0.235. The van der Waals surface area contributed by atoms with E-state index in [0.29, 0.717) is 15.8 Å². The van der Waals surface area contributed by atoms with Gasteiger partial charge in [0.25, 0.3) is 11.1 Å². The number of benzene rings is 1. The van der Waals surface area contributed by atoms with Crippen molar-refractivity contribution in [3.63, 3.8) is 0 Å². The lowest BCUT2D eigenvalue weighted by atomic mass is 10.1. The highest BCUT2D eigenvalue weighted by Gasteiger charge is 2.17. The maximum Gasteiger partial charge on any atom is 0.274 e. The summed E-state index contributed by atoms with van der Waals surface area (Å²) < 4.78 is 11.0. The zero-order valence-corrected chi connectivity index (χ0v) is 14.4. The first kappa shape index (κ1) is 17.1. The van der Waals surface area contributed by atoms with Gasteiger partial charge >= 0.3 is 0 Å². The first-order valence-corrected chi connectivity index (χ1v) is 8.49. The van der Waals surface area contributed by atoms with E-state index < -0.39 is 0 Å². The molecule has 0 aliphatic heterocycles. The first-order chi connectivity index (χ1) is 12.2. The summed E-state index contributed by atoms with van der Waals surface area (Å²) in [6, 6.07) is 9.71. The third kappa shape index (κ3) is 4.04. The Morgan fingerprint density at radius 2 is 2.16 bits per heavy atom. The van der Waals surface area contributed by atoms with E-state index in [0.717, 1.165) is 28.2 Å². The highest BCUT2D eigenvalue weighted by molar-refractivity contribution is 7.15. The van der Waals surface area contributed by atoms with Gasteiger partial charge in [-0.25, -0.2) is 4.98 Å². The van der Waals surface area contributed by atoms with E-state index in [1.54, 1.807) is 0 Å². The van der Waals surface area contributed by atoms with E-state index in [1.807, 2.05) is 37.3 Å². The average molecular weight is 359 g/mol. The molecule has 0 atom stereocenters. The van der Waals surface area contributed by atoms with Crippen LogP contribution in [0.3, 0.4) is 0 Å². The molecule has 3 aromatic rings. The van der Waals surface area contributed by atoms with Crippen molar-refractivity contribution in [2.24, 2.45) is 0 Å². The van der Waals surface area contributed by atoms with E-state index >= 15 is 0 Å². The Labute approximate surface area is 148 Å². The van der Waals surface area contributed by atoms with Gasteiger partial charge in [-0.2, -0.15) is 0 Å². The third-order valence-electron chi connectivity index (χ3n) is 3.48. The smallest absolute Gasteiger partial charge is 0.274 e. The highest BCUT2D eigenvalue weighted by atomic mass is 32.1. The van der Waals surface area contributed by atoms with Crippen molar-refractivity contribution in [1.82, 2.24) is 15.5 Å². The standard InChI is InChI=1S/C17H17N3O4S/c1-11-13(15(20-24-11)12-5-3-2-4-6-12)10-23-17-19-9-14(25-17)16(22)18-7-8-21/h2-6,9,21H,7-8,10H2,1H3,(H,18,22). The van der Waals surface area contributed by atoms with Gasteiger partial charge in [0.05, 0.1) is 18.4 Å². The van der Waals surface area contributed by atoms with Crippen LogP contribution in [0.2, 0.25) is 0 Å². The number of nitrogens with one attached hydrogen (secondary N) is 1. The van der Waals surface area contributed by atoms with Gasteiger partial charge in [-0.05, 0) is 6.92 Å². The predicted octanol–water partition coefficient (Wildman–Crippen LogP) is 2.41. The van der Waals surface area contributed by atoms with Gasteiger partial charge in [-0.15, -0.1) is 0 Å². The molecular weight excluding hydrogens is 342 g/mol. The Bertz CT molecular complexity index is 845. The number of hydrogen-bond acceptors (Lipinski definition) is 7. The van der Waals surface area contributed by atoms with Crippen molar-refractivity contribution >= 4 is 17.2 Å². The molecule has 0 aliphatic rings. The zero-order chi connectivity index (χ0) is 17.6. The second-order valence-corrected chi connectivity index (χ2v) is 6.18. The van der Waals surface area contributed by atoms with Crippen LogP contribution < -0.4 is 10.1 Å². The van der Waals surface area contributed by atoms with Gasteiger partial charge in [-0.1, -0.05) is 46.8 Å². The number of carbonyl (C=O) groups excluding carboxylic acids is 1. The molecule has 0 aliphatic carbocycles. The van der Waals surface area contributed by atoms with Crippen LogP contribution in [0, 0.1) is 6.92 Å². The molecule has 0 spiro atoms. The van der Waals surface area contributed by atoms with Gasteiger partial charge in [0, 0.05) is 12.1 Å². The number of ether oxygens (including phenoxy) is 1. The van der Waals surface area contributed by atoms with E-state index in [-0.39, 0.29) is 25.7 Å². The molecule has 2 N–H and O–H groups in total. The maximum absolute atomic E-state index is 11.8. The van der Waals surface area contributed by atoms with Crippen LogP contribution in [-0.2, 0) is 6.61 Å². The Hall–Kier alpha value is -2.71. The molecule has 7 nitrogen and oxygen atoms in total. The Kier molecular flexibility index (Phi) is 5.42. The molecule has 1 aromatic carbocycles. The number of hydrogen-bond donors (Lipinski definition) is 2. The van der Waals surface area contributed by atoms with Crippen LogP contribution in [0.25, 0.3) is 11.3 Å². The summed E-state index contributed by atoms with van der Waals surface area (Å²) in [5, 5.41) is 15.8. The minimum atomic E-state index is -0.285. The number of aryl methyl sites for hydroxylation is 1. The zero-order valence-electron chi connectivity index (χ0n) is 13.6. The third-order valence-corrected chi connectivity index (χ3v) is 4.39. The van der Waals surface area contributed by atoms with Crippen molar-refractivity contribution < 1.29 is 19.2 Å². The molecule has 0 fully saturated rings. The Morgan fingerprint density at radius 3 is 2.92 bits per heavy atom. The van der Waals surface area contributed by atoms with Gasteiger partial charge in [0.15, 0.2) is 0 Å². The lowest BCUT2D eigenvalue weighted by Crippen LogP contribution is -2.25. The minimum absolute atomic E-state index is 0.108. The summed E-state index contributed by atoms with van der Waals surface area (Å²) in [6.07, 6.45) is 1.45. The molecular formula is C17H17N3O4S. The Morgan fingerprint density at radius 1 is 1.36 bits per heavy atom. The van der Waals surface area contributed by atoms with E-state index in [2.05, 4.69) is 15.5 Å². The number of thiazole rings is 1. The number of aliphatic hydroxyl groups is 1. The van der Waals surface area contributed by atoms with Crippen molar-refractivity contribution in [3.8, 4) is 16.5 Å². The molecule has 0 saturated heterocycles. The van der Waals surface area contributed by atoms with Crippen LogP contribution in [0.5, 0.6) is 5.19 Å². The van der Waals surface area contributed by atoms with E-state index in [4.69, 9.17) is 14.4 Å². The van der Waals surface area contributed by atoms with Crippen LogP contribution in [0.15, 0.2) is 41.1 Å². The average Bonchev–Trinajstić information content (AvgIpc) is 3.25. The highest BCUT2D eigenvalue weighted by Crippen LogP contribution is 2.27. The van der Waals surface area contributed by atoms with E-state index in [1.165, 1.54) is 6.20 Å².